The van der Waals surface area contributed by atoms with Crippen LogP contribution in [0.3, 0.4) is 0 Å². The molecular formula is C19H18FN3O. The van der Waals surface area contributed by atoms with Crippen LogP contribution in [0, 0.1) is 26.6 Å². The summed E-state index contributed by atoms with van der Waals surface area (Å²) in [4.78, 5) is 12.6. The number of halogens is 1. The third kappa shape index (κ3) is 2.80. The van der Waals surface area contributed by atoms with E-state index in [1.807, 2.05) is 32.0 Å². The van der Waals surface area contributed by atoms with Crippen LogP contribution in [0.5, 0.6) is 0 Å². The van der Waals surface area contributed by atoms with Crippen molar-refractivity contribution in [2.24, 2.45) is 0 Å². The van der Waals surface area contributed by atoms with Crippen molar-refractivity contribution < 1.29 is 9.18 Å². The van der Waals surface area contributed by atoms with E-state index in [0.29, 0.717) is 16.9 Å². The van der Waals surface area contributed by atoms with Gasteiger partial charge in [0.15, 0.2) is 0 Å². The quantitative estimate of drug-likeness (QED) is 0.785. The van der Waals surface area contributed by atoms with E-state index in [0.717, 1.165) is 16.8 Å². The van der Waals surface area contributed by atoms with Crippen molar-refractivity contribution in [3.63, 3.8) is 0 Å². The Morgan fingerprint density at radius 3 is 2.58 bits per heavy atom. The van der Waals surface area contributed by atoms with Gasteiger partial charge >= 0.3 is 0 Å². The number of hydrogen-bond donors (Lipinski definition) is 1. The average molecular weight is 323 g/mol. The normalized spacial score (nSPS) is 10.7. The van der Waals surface area contributed by atoms with Crippen LogP contribution in [-0.4, -0.2) is 15.7 Å². The number of hydrogen-bond acceptors (Lipinski definition) is 2. The highest BCUT2D eigenvalue weighted by Crippen LogP contribution is 2.21. The average Bonchev–Trinajstić information content (AvgIpc) is 2.94. The molecule has 24 heavy (non-hydrogen) atoms. The summed E-state index contributed by atoms with van der Waals surface area (Å²) >= 11 is 0. The van der Waals surface area contributed by atoms with Crippen molar-refractivity contribution in [3.8, 4) is 5.69 Å². The predicted molar refractivity (Wildman–Crippen MR) is 92.1 cm³/mol. The molecule has 0 fully saturated rings. The molecule has 0 aliphatic carbocycles. The summed E-state index contributed by atoms with van der Waals surface area (Å²) in [7, 11) is 0. The zero-order valence-corrected chi connectivity index (χ0v) is 13.8. The molecule has 1 heterocycles. The molecule has 0 aliphatic heterocycles. The number of para-hydroxylation sites is 1. The van der Waals surface area contributed by atoms with Crippen LogP contribution in [0.1, 0.15) is 27.2 Å². The lowest BCUT2D eigenvalue weighted by atomic mass is 10.1. The number of rotatable bonds is 3. The van der Waals surface area contributed by atoms with E-state index in [-0.39, 0.29) is 11.7 Å². The number of benzene rings is 2. The lowest BCUT2D eigenvalue weighted by Crippen LogP contribution is -2.14. The monoisotopic (exact) mass is 323 g/mol. The second-order valence-corrected chi connectivity index (χ2v) is 5.71. The molecule has 0 saturated carbocycles. The van der Waals surface area contributed by atoms with Crippen LogP contribution in [-0.2, 0) is 0 Å². The van der Waals surface area contributed by atoms with E-state index in [1.165, 1.54) is 16.9 Å². The second kappa shape index (κ2) is 6.28. The highest BCUT2D eigenvalue weighted by molar-refractivity contribution is 6.05. The first-order valence-corrected chi connectivity index (χ1v) is 7.66. The molecule has 4 nitrogen and oxygen atoms in total. The number of anilines is 1. The van der Waals surface area contributed by atoms with Gasteiger partial charge in [-0.25, -0.2) is 9.07 Å². The van der Waals surface area contributed by atoms with E-state index in [4.69, 9.17) is 0 Å². The smallest absolute Gasteiger partial charge is 0.259 e. The number of nitrogens with one attached hydrogen (secondary N) is 1. The number of carbonyl (C=O) groups is 1. The van der Waals surface area contributed by atoms with E-state index in [2.05, 4.69) is 10.4 Å². The molecule has 0 radical (unpaired) electrons. The van der Waals surface area contributed by atoms with Gasteiger partial charge < -0.3 is 5.32 Å². The number of amides is 1. The van der Waals surface area contributed by atoms with Crippen molar-refractivity contribution >= 4 is 11.6 Å². The van der Waals surface area contributed by atoms with Gasteiger partial charge in [0.25, 0.3) is 5.91 Å². The van der Waals surface area contributed by atoms with E-state index in [1.54, 1.807) is 25.1 Å². The summed E-state index contributed by atoms with van der Waals surface area (Å²) in [5.41, 5.74) is 4.21. The van der Waals surface area contributed by atoms with Gasteiger partial charge in [-0.2, -0.15) is 5.10 Å². The van der Waals surface area contributed by atoms with Crippen LogP contribution in [0.15, 0.2) is 48.7 Å². The molecule has 3 rings (SSSR count). The van der Waals surface area contributed by atoms with Crippen molar-refractivity contribution in [1.29, 1.82) is 0 Å². The first-order valence-electron chi connectivity index (χ1n) is 7.66. The summed E-state index contributed by atoms with van der Waals surface area (Å²) in [6, 6.07) is 12.1. The third-order valence-corrected chi connectivity index (χ3v) is 4.19. The summed E-state index contributed by atoms with van der Waals surface area (Å²) in [6.07, 6.45) is 1.46. The van der Waals surface area contributed by atoms with E-state index < -0.39 is 0 Å². The molecule has 122 valence electrons. The summed E-state index contributed by atoms with van der Waals surface area (Å²) in [5.74, 6) is -0.644. The minimum absolute atomic E-state index is 0.260. The third-order valence-electron chi connectivity index (χ3n) is 4.19. The number of aromatic nitrogens is 2. The number of carbonyl (C=O) groups excluding carboxylic acids is 1. The van der Waals surface area contributed by atoms with Gasteiger partial charge in [-0.3, -0.25) is 4.79 Å². The molecule has 0 unspecified atom stereocenters. The highest BCUT2D eigenvalue weighted by atomic mass is 19.1. The van der Waals surface area contributed by atoms with E-state index >= 15 is 0 Å². The van der Waals surface area contributed by atoms with E-state index in [9.17, 15) is 9.18 Å². The molecule has 1 aromatic heterocycles. The molecule has 1 N–H and O–H groups in total. The van der Waals surface area contributed by atoms with Crippen molar-refractivity contribution in [3.05, 3.63) is 76.9 Å². The standard InChI is InChI=1S/C19H18FN3O/c1-12-7-6-9-17(13(12)2)22-19(24)15-11-21-23(14(15)3)18-10-5-4-8-16(18)20/h4-11H,1-3H3,(H,22,24). The number of nitrogens with zero attached hydrogens (tertiary/aromatic N) is 2. The van der Waals surface area contributed by atoms with Gasteiger partial charge in [0.1, 0.15) is 11.5 Å². The molecule has 0 spiro atoms. The van der Waals surface area contributed by atoms with Crippen LogP contribution < -0.4 is 5.32 Å². The lowest BCUT2D eigenvalue weighted by Gasteiger charge is -2.10. The second-order valence-electron chi connectivity index (χ2n) is 5.71. The van der Waals surface area contributed by atoms with Crippen LogP contribution >= 0.6 is 0 Å². The van der Waals surface area contributed by atoms with Crippen molar-refractivity contribution in [2.75, 3.05) is 5.32 Å². The Bertz CT molecular complexity index is 915. The molecule has 0 atom stereocenters. The molecular weight excluding hydrogens is 305 g/mol. The van der Waals surface area contributed by atoms with Crippen molar-refractivity contribution in [1.82, 2.24) is 9.78 Å². The molecule has 2 aromatic carbocycles. The summed E-state index contributed by atoms with van der Waals surface area (Å²) in [6.45, 7) is 5.70. The number of aryl methyl sites for hydroxylation is 1. The zero-order valence-electron chi connectivity index (χ0n) is 13.8. The van der Waals surface area contributed by atoms with Gasteiger partial charge in [0, 0.05) is 5.69 Å². The van der Waals surface area contributed by atoms with Gasteiger partial charge in [-0.05, 0) is 50.1 Å². The molecule has 3 aromatic rings. The summed E-state index contributed by atoms with van der Waals surface area (Å²) < 4.78 is 15.4. The van der Waals surface area contributed by atoms with Gasteiger partial charge in [-0.15, -0.1) is 0 Å². The summed E-state index contributed by atoms with van der Waals surface area (Å²) in [5, 5.41) is 7.07. The Hall–Kier alpha value is -2.95. The van der Waals surface area contributed by atoms with Crippen LogP contribution in [0.4, 0.5) is 10.1 Å². The van der Waals surface area contributed by atoms with Crippen LogP contribution in [0.25, 0.3) is 5.69 Å². The maximum atomic E-state index is 13.9. The first kappa shape index (κ1) is 15.9. The van der Waals surface area contributed by atoms with Crippen LogP contribution in [0.2, 0.25) is 0 Å². The molecule has 0 bridgehead atoms. The minimum atomic E-state index is -0.384. The fourth-order valence-electron chi connectivity index (χ4n) is 2.58. The fourth-order valence-corrected chi connectivity index (χ4v) is 2.58. The Labute approximate surface area is 139 Å². The Kier molecular flexibility index (Phi) is 4.16. The maximum Gasteiger partial charge on any atom is 0.259 e. The highest BCUT2D eigenvalue weighted by Gasteiger charge is 2.17. The predicted octanol–water partition coefficient (Wildman–Crippen LogP) is 4.19. The Morgan fingerprint density at radius 2 is 1.83 bits per heavy atom. The SMILES string of the molecule is Cc1cccc(NC(=O)c2cnn(-c3ccccc3F)c2C)c1C. The largest absolute Gasteiger partial charge is 0.322 e. The molecule has 0 aliphatic rings. The van der Waals surface area contributed by atoms with Crippen molar-refractivity contribution in [2.45, 2.75) is 20.8 Å². The van der Waals surface area contributed by atoms with Gasteiger partial charge in [0.2, 0.25) is 0 Å². The first-order chi connectivity index (χ1) is 11.5. The van der Waals surface area contributed by atoms with Gasteiger partial charge in [-0.1, -0.05) is 24.3 Å². The Balaban J connectivity index is 1.92. The Morgan fingerprint density at radius 1 is 1.08 bits per heavy atom. The molecule has 1 amide bonds. The topological polar surface area (TPSA) is 46.9 Å². The minimum Gasteiger partial charge on any atom is -0.322 e. The lowest BCUT2D eigenvalue weighted by molar-refractivity contribution is 0.102. The zero-order chi connectivity index (χ0) is 17.3. The maximum absolute atomic E-state index is 13.9. The molecule has 0 saturated heterocycles. The molecule has 5 heteroatoms. The van der Waals surface area contributed by atoms with Gasteiger partial charge in [0.05, 0.1) is 17.5 Å². The fraction of sp³-hybridized carbons (Fsp3) is 0.158.